The highest BCUT2D eigenvalue weighted by molar-refractivity contribution is 7.07. The summed E-state index contributed by atoms with van der Waals surface area (Å²) in [5, 5.41) is 14.0. The lowest BCUT2D eigenvalue weighted by Crippen LogP contribution is -2.04. The summed E-state index contributed by atoms with van der Waals surface area (Å²) in [5.41, 5.74) is 4.09. The number of carboxylic acids is 1. The third-order valence-electron chi connectivity index (χ3n) is 2.78. The van der Waals surface area contributed by atoms with Crippen LogP contribution in [-0.2, 0) is 6.42 Å². The Balaban J connectivity index is 1.70. The van der Waals surface area contributed by atoms with Gasteiger partial charge in [-0.1, -0.05) is 0 Å². The first kappa shape index (κ1) is 12.6. The fraction of sp³-hybridized carbons (Fsp3) is 0.154. The molecule has 7 heteroatoms. The normalized spacial score (nSPS) is 10.8. The van der Waals surface area contributed by atoms with Crippen molar-refractivity contribution in [2.75, 3.05) is 11.9 Å². The van der Waals surface area contributed by atoms with E-state index in [4.69, 9.17) is 9.52 Å². The van der Waals surface area contributed by atoms with E-state index in [2.05, 4.69) is 15.3 Å². The number of aromatic carboxylic acids is 1. The van der Waals surface area contributed by atoms with Crippen molar-refractivity contribution in [3.8, 4) is 0 Å². The van der Waals surface area contributed by atoms with Crippen LogP contribution < -0.4 is 5.32 Å². The number of hydrogen-bond acceptors (Lipinski definition) is 6. The Hall–Kier alpha value is -2.41. The Bertz CT molecular complexity index is 736. The van der Waals surface area contributed by atoms with Gasteiger partial charge in [0.15, 0.2) is 5.58 Å². The molecule has 2 aromatic heterocycles. The van der Waals surface area contributed by atoms with Crippen molar-refractivity contribution in [2.24, 2.45) is 0 Å². The van der Waals surface area contributed by atoms with E-state index in [9.17, 15) is 4.79 Å². The highest BCUT2D eigenvalue weighted by Gasteiger charge is 2.09. The zero-order valence-electron chi connectivity index (χ0n) is 10.4. The molecule has 0 aliphatic rings. The molecule has 2 heterocycles. The van der Waals surface area contributed by atoms with Gasteiger partial charge in [-0.2, -0.15) is 4.98 Å². The molecular formula is C13H11N3O3S. The van der Waals surface area contributed by atoms with E-state index < -0.39 is 5.97 Å². The van der Waals surface area contributed by atoms with Crippen LogP contribution >= 0.6 is 11.3 Å². The third kappa shape index (κ3) is 2.62. The van der Waals surface area contributed by atoms with E-state index in [-0.39, 0.29) is 5.56 Å². The van der Waals surface area contributed by atoms with Crippen LogP contribution in [0.3, 0.4) is 0 Å². The second-order valence-electron chi connectivity index (χ2n) is 4.16. The Kier molecular flexibility index (Phi) is 3.34. The molecule has 0 spiro atoms. The zero-order chi connectivity index (χ0) is 13.9. The maximum absolute atomic E-state index is 10.9. The summed E-state index contributed by atoms with van der Waals surface area (Å²) in [6.07, 6.45) is 0.780. The second-order valence-corrected chi connectivity index (χ2v) is 4.88. The molecule has 0 saturated carbocycles. The van der Waals surface area contributed by atoms with Crippen molar-refractivity contribution in [3.05, 3.63) is 40.3 Å². The minimum Gasteiger partial charge on any atom is -0.478 e. The minimum atomic E-state index is -0.985. The van der Waals surface area contributed by atoms with Gasteiger partial charge in [-0.05, 0) is 18.2 Å². The molecule has 0 saturated heterocycles. The summed E-state index contributed by atoms with van der Waals surface area (Å²) in [6, 6.07) is 4.99. The van der Waals surface area contributed by atoms with Gasteiger partial charge in [0.05, 0.1) is 16.8 Å². The van der Waals surface area contributed by atoms with E-state index in [0.29, 0.717) is 23.7 Å². The topological polar surface area (TPSA) is 88.2 Å². The molecule has 0 radical (unpaired) electrons. The average molecular weight is 289 g/mol. The van der Waals surface area contributed by atoms with Crippen molar-refractivity contribution < 1.29 is 14.3 Å². The number of oxazole rings is 1. The number of carboxylic acid groups (broad SMARTS) is 1. The molecule has 2 N–H and O–H groups in total. The Morgan fingerprint density at radius 2 is 2.35 bits per heavy atom. The number of nitrogens with one attached hydrogen (secondary N) is 1. The zero-order valence-corrected chi connectivity index (χ0v) is 11.2. The van der Waals surface area contributed by atoms with Crippen LogP contribution in [0.4, 0.5) is 6.01 Å². The van der Waals surface area contributed by atoms with Crippen LogP contribution in [0, 0.1) is 0 Å². The summed E-state index contributed by atoms with van der Waals surface area (Å²) in [4.78, 5) is 19.3. The molecule has 102 valence electrons. The Labute approximate surface area is 118 Å². The number of thiazole rings is 1. The Morgan fingerprint density at radius 3 is 3.10 bits per heavy atom. The van der Waals surface area contributed by atoms with E-state index >= 15 is 0 Å². The number of hydrogen-bond donors (Lipinski definition) is 2. The van der Waals surface area contributed by atoms with Crippen LogP contribution in [0.25, 0.3) is 11.1 Å². The molecule has 0 aliphatic heterocycles. The molecule has 0 unspecified atom stereocenters. The van der Waals surface area contributed by atoms with Gasteiger partial charge < -0.3 is 14.8 Å². The first-order valence-corrected chi connectivity index (χ1v) is 6.91. The predicted octanol–water partition coefficient (Wildman–Crippen LogP) is 2.64. The van der Waals surface area contributed by atoms with Gasteiger partial charge in [-0.15, -0.1) is 11.3 Å². The summed E-state index contributed by atoms with van der Waals surface area (Å²) >= 11 is 1.56. The fourth-order valence-electron chi connectivity index (χ4n) is 1.79. The first-order valence-electron chi connectivity index (χ1n) is 5.97. The minimum absolute atomic E-state index is 0.183. The van der Waals surface area contributed by atoms with Gasteiger partial charge in [-0.3, -0.25) is 0 Å². The quantitative estimate of drug-likeness (QED) is 0.750. The van der Waals surface area contributed by atoms with Gasteiger partial charge in [0.25, 0.3) is 6.01 Å². The van der Waals surface area contributed by atoms with Crippen LogP contribution in [0.1, 0.15) is 16.1 Å². The summed E-state index contributed by atoms with van der Waals surface area (Å²) in [6.45, 7) is 0.655. The number of aromatic nitrogens is 2. The monoisotopic (exact) mass is 289 g/mol. The van der Waals surface area contributed by atoms with Gasteiger partial charge in [0.2, 0.25) is 0 Å². The molecule has 0 amide bonds. The van der Waals surface area contributed by atoms with Crippen molar-refractivity contribution in [2.45, 2.75) is 6.42 Å². The molecule has 20 heavy (non-hydrogen) atoms. The number of rotatable bonds is 5. The lowest BCUT2D eigenvalue weighted by molar-refractivity contribution is 0.0697. The molecule has 0 bridgehead atoms. The van der Waals surface area contributed by atoms with Crippen molar-refractivity contribution in [1.29, 1.82) is 0 Å². The van der Waals surface area contributed by atoms with E-state index in [1.165, 1.54) is 12.1 Å². The van der Waals surface area contributed by atoms with E-state index in [1.807, 2.05) is 5.38 Å². The van der Waals surface area contributed by atoms with Gasteiger partial charge in [0, 0.05) is 18.3 Å². The number of benzene rings is 1. The van der Waals surface area contributed by atoms with Crippen molar-refractivity contribution in [1.82, 2.24) is 9.97 Å². The maximum Gasteiger partial charge on any atom is 0.335 e. The molecule has 0 atom stereocenters. The van der Waals surface area contributed by atoms with E-state index in [0.717, 1.165) is 12.1 Å². The molecular weight excluding hydrogens is 278 g/mol. The van der Waals surface area contributed by atoms with Crippen molar-refractivity contribution >= 4 is 34.4 Å². The molecule has 1 aromatic carbocycles. The molecule has 6 nitrogen and oxygen atoms in total. The second kappa shape index (κ2) is 5.30. The lowest BCUT2D eigenvalue weighted by atomic mass is 10.2. The number of carbonyl (C=O) groups is 1. The first-order chi connectivity index (χ1) is 9.72. The van der Waals surface area contributed by atoms with Gasteiger partial charge in [-0.25, -0.2) is 9.78 Å². The maximum atomic E-state index is 10.9. The van der Waals surface area contributed by atoms with Gasteiger partial charge in [0.1, 0.15) is 5.52 Å². The average Bonchev–Trinajstić information content (AvgIpc) is 3.06. The highest BCUT2D eigenvalue weighted by atomic mass is 32.1. The number of anilines is 1. The standard InChI is InChI=1S/C13H11N3O3S/c17-12(18)8-1-2-10-11(5-8)19-13(16-10)14-4-3-9-6-20-7-15-9/h1-2,5-7H,3-4H2,(H,14,16)(H,17,18). The predicted molar refractivity (Wildman–Crippen MR) is 75.3 cm³/mol. The number of nitrogens with zero attached hydrogens (tertiary/aromatic N) is 2. The highest BCUT2D eigenvalue weighted by Crippen LogP contribution is 2.20. The summed E-state index contributed by atoms with van der Waals surface area (Å²) < 4.78 is 5.47. The lowest BCUT2D eigenvalue weighted by Gasteiger charge is -1.98. The van der Waals surface area contributed by atoms with Gasteiger partial charge >= 0.3 is 5.97 Å². The fourth-order valence-corrected chi connectivity index (χ4v) is 2.38. The van der Waals surface area contributed by atoms with E-state index in [1.54, 1.807) is 22.9 Å². The molecule has 3 aromatic rings. The third-order valence-corrected chi connectivity index (χ3v) is 3.41. The largest absolute Gasteiger partial charge is 0.478 e. The summed E-state index contributed by atoms with van der Waals surface area (Å²) in [5.74, 6) is -0.985. The Morgan fingerprint density at radius 1 is 1.45 bits per heavy atom. The van der Waals surface area contributed by atoms with Crippen LogP contribution in [0.2, 0.25) is 0 Å². The van der Waals surface area contributed by atoms with Crippen LogP contribution in [0.5, 0.6) is 0 Å². The van der Waals surface area contributed by atoms with Crippen molar-refractivity contribution in [3.63, 3.8) is 0 Å². The molecule has 0 aliphatic carbocycles. The summed E-state index contributed by atoms with van der Waals surface area (Å²) in [7, 11) is 0. The number of fused-ring (bicyclic) bond motifs is 1. The van der Waals surface area contributed by atoms with Crippen LogP contribution in [-0.4, -0.2) is 27.6 Å². The SMILES string of the molecule is O=C(O)c1ccc2nc(NCCc3cscn3)oc2c1. The smallest absolute Gasteiger partial charge is 0.335 e. The molecule has 0 fully saturated rings. The molecule has 3 rings (SSSR count). The van der Waals surface area contributed by atoms with Crippen LogP contribution in [0.15, 0.2) is 33.5 Å².